The van der Waals surface area contributed by atoms with Crippen molar-refractivity contribution in [1.29, 1.82) is 0 Å². The maximum atomic E-state index is 12.6. The highest BCUT2D eigenvalue weighted by atomic mass is 32.2. The molecule has 0 atom stereocenters. The predicted molar refractivity (Wildman–Crippen MR) is 86.4 cm³/mol. The van der Waals surface area contributed by atoms with Crippen LogP contribution in [-0.4, -0.2) is 31.3 Å². The molecule has 0 aromatic rings. The summed E-state index contributed by atoms with van der Waals surface area (Å²) in [6.45, 7) is 0.437. The van der Waals surface area contributed by atoms with Crippen LogP contribution in [0, 0.1) is 23.2 Å². The zero-order valence-corrected chi connectivity index (χ0v) is 14.5. The summed E-state index contributed by atoms with van der Waals surface area (Å²) in [4.78, 5) is 12.6. The van der Waals surface area contributed by atoms with Crippen LogP contribution in [0.5, 0.6) is 0 Å². The minimum atomic E-state index is -3.84. The van der Waals surface area contributed by atoms with Crippen LogP contribution in [0.3, 0.4) is 0 Å². The molecule has 0 aliphatic heterocycles. The largest absolute Gasteiger partial charge is 0.465 e. The van der Waals surface area contributed by atoms with E-state index in [-0.39, 0.29) is 17.1 Å². The van der Waals surface area contributed by atoms with Crippen molar-refractivity contribution >= 4 is 16.1 Å². The van der Waals surface area contributed by atoms with E-state index in [1.807, 2.05) is 0 Å². The van der Waals surface area contributed by atoms with Gasteiger partial charge in [-0.05, 0) is 69.1 Å². The maximum absolute atomic E-state index is 12.6. The van der Waals surface area contributed by atoms with Crippen molar-refractivity contribution in [2.24, 2.45) is 23.2 Å². The van der Waals surface area contributed by atoms with Gasteiger partial charge < -0.3 is 4.74 Å². The molecule has 0 radical (unpaired) electrons. The number of unbranched alkanes of at least 4 members (excludes halogenated alkanes) is 3. The van der Waals surface area contributed by atoms with E-state index >= 15 is 0 Å². The lowest BCUT2D eigenvalue weighted by molar-refractivity contribution is -0.171. The highest BCUT2D eigenvalue weighted by molar-refractivity contribution is 7.85. The van der Waals surface area contributed by atoms with Crippen molar-refractivity contribution in [3.05, 3.63) is 0 Å². The summed E-state index contributed by atoms with van der Waals surface area (Å²) in [5.41, 5.74) is -0.181. The van der Waals surface area contributed by atoms with Crippen molar-refractivity contribution in [2.45, 2.75) is 64.2 Å². The van der Waals surface area contributed by atoms with E-state index in [0.29, 0.717) is 13.0 Å². The Labute approximate surface area is 138 Å². The molecule has 6 heteroatoms. The van der Waals surface area contributed by atoms with Gasteiger partial charge in [0.2, 0.25) is 0 Å². The highest BCUT2D eigenvalue weighted by Gasteiger charge is 2.55. The SMILES string of the molecule is O=C(OCCCCCCS(=O)(=O)O)C12CC3CC(CC(C3)C1)C2. The Bertz CT molecular complexity index is 504. The molecule has 4 rings (SSSR count). The Morgan fingerprint density at radius 1 is 0.957 bits per heavy atom. The lowest BCUT2D eigenvalue weighted by Crippen LogP contribution is -2.50. The normalized spacial score (nSPS) is 35.4. The van der Waals surface area contributed by atoms with Crippen molar-refractivity contribution in [3.8, 4) is 0 Å². The van der Waals surface area contributed by atoms with Crippen molar-refractivity contribution in [3.63, 3.8) is 0 Å². The summed E-state index contributed by atoms with van der Waals surface area (Å²) >= 11 is 0. The van der Waals surface area contributed by atoms with Gasteiger partial charge in [-0.3, -0.25) is 9.35 Å². The smallest absolute Gasteiger partial charge is 0.312 e. The van der Waals surface area contributed by atoms with Gasteiger partial charge in [0.05, 0.1) is 17.8 Å². The zero-order chi connectivity index (χ0) is 16.5. The van der Waals surface area contributed by atoms with Gasteiger partial charge in [-0.2, -0.15) is 8.42 Å². The van der Waals surface area contributed by atoms with Crippen molar-refractivity contribution in [2.75, 3.05) is 12.4 Å². The van der Waals surface area contributed by atoms with Crippen LogP contribution in [0.15, 0.2) is 0 Å². The molecular weight excluding hydrogens is 316 g/mol. The minimum Gasteiger partial charge on any atom is -0.465 e. The Balaban J connectivity index is 1.35. The van der Waals surface area contributed by atoms with Crippen LogP contribution < -0.4 is 0 Å². The molecule has 0 aromatic carbocycles. The molecule has 23 heavy (non-hydrogen) atoms. The molecule has 1 N–H and O–H groups in total. The number of esters is 1. The Morgan fingerprint density at radius 3 is 2.00 bits per heavy atom. The number of hydrogen-bond donors (Lipinski definition) is 1. The Kier molecular flexibility index (Phi) is 5.02. The van der Waals surface area contributed by atoms with E-state index in [2.05, 4.69) is 0 Å². The van der Waals surface area contributed by atoms with Crippen LogP contribution in [0.4, 0.5) is 0 Å². The fourth-order valence-electron chi connectivity index (χ4n) is 5.42. The van der Waals surface area contributed by atoms with E-state index in [1.165, 1.54) is 19.3 Å². The van der Waals surface area contributed by atoms with Gasteiger partial charge >= 0.3 is 5.97 Å². The molecule has 4 aliphatic rings. The van der Waals surface area contributed by atoms with Crippen LogP contribution in [0.2, 0.25) is 0 Å². The van der Waals surface area contributed by atoms with E-state index in [4.69, 9.17) is 9.29 Å². The molecule has 0 spiro atoms. The number of carbonyl (C=O) groups is 1. The first-order valence-electron chi connectivity index (χ1n) is 8.99. The van der Waals surface area contributed by atoms with Crippen LogP contribution in [-0.2, 0) is 19.6 Å². The van der Waals surface area contributed by atoms with Gasteiger partial charge in [0.25, 0.3) is 10.1 Å². The molecule has 5 nitrogen and oxygen atoms in total. The lowest BCUT2D eigenvalue weighted by atomic mass is 9.49. The average Bonchev–Trinajstić information content (AvgIpc) is 2.43. The van der Waals surface area contributed by atoms with Crippen LogP contribution >= 0.6 is 0 Å². The average molecular weight is 344 g/mol. The molecular formula is C17H28O5S. The summed E-state index contributed by atoms with van der Waals surface area (Å²) in [6.07, 6.45) is 9.84. The van der Waals surface area contributed by atoms with E-state index in [1.54, 1.807) is 0 Å². The van der Waals surface area contributed by atoms with Crippen LogP contribution in [0.25, 0.3) is 0 Å². The van der Waals surface area contributed by atoms with Crippen molar-refractivity contribution in [1.82, 2.24) is 0 Å². The predicted octanol–water partition coefficient (Wildman–Crippen LogP) is 3.19. The molecule has 0 amide bonds. The highest BCUT2D eigenvalue weighted by Crippen LogP contribution is 2.60. The lowest BCUT2D eigenvalue weighted by Gasteiger charge is -2.55. The molecule has 4 bridgehead atoms. The summed E-state index contributed by atoms with van der Waals surface area (Å²) < 4.78 is 35.4. The Morgan fingerprint density at radius 2 is 1.48 bits per heavy atom. The number of carbonyl (C=O) groups excluding carboxylic acids is 1. The second-order valence-corrected chi connectivity index (χ2v) is 9.61. The van der Waals surface area contributed by atoms with Gasteiger partial charge in [-0.1, -0.05) is 12.8 Å². The molecule has 4 saturated carbocycles. The summed E-state index contributed by atoms with van der Waals surface area (Å²) in [5.74, 6) is 2.08. The quantitative estimate of drug-likeness (QED) is 0.415. The van der Waals surface area contributed by atoms with Crippen molar-refractivity contribution < 1.29 is 22.5 Å². The third-order valence-corrected chi connectivity index (χ3v) is 6.81. The van der Waals surface area contributed by atoms with E-state index in [0.717, 1.165) is 56.3 Å². The van der Waals surface area contributed by atoms with Crippen LogP contribution in [0.1, 0.15) is 64.2 Å². The summed E-state index contributed by atoms with van der Waals surface area (Å²) in [6, 6.07) is 0. The minimum absolute atomic E-state index is 0.0227. The standard InChI is InChI=1S/C17H28O5S/c18-16(22-5-3-1-2-4-6-23(19,20)21)17-10-13-7-14(11-17)9-15(8-13)12-17/h13-15H,1-12H2,(H,19,20,21). The molecule has 4 aliphatic carbocycles. The van der Waals surface area contributed by atoms with Gasteiger partial charge in [0.1, 0.15) is 0 Å². The maximum Gasteiger partial charge on any atom is 0.312 e. The third-order valence-electron chi connectivity index (χ3n) is 6.00. The zero-order valence-electron chi connectivity index (χ0n) is 13.7. The monoisotopic (exact) mass is 344 g/mol. The van der Waals surface area contributed by atoms with Gasteiger partial charge in [-0.15, -0.1) is 0 Å². The number of rotatable bonds is 8. The van der Waals surface area contributed by atoms with Gasteiger partial charge in [-0.25, -0.2) is 0 Å². The molecule has 0 heterocycles. The molecule has 0 unspecified atom stereocenters. The first-order valence-corrected chi connectivity index (χ1v) is 10.6. The number of ether oxygens (including phenoxy) is 1. The number of hydrogen-bond acceptors (Lipinski definition) is 4. The fourth-order valence-corrected chi connectivity index (χ4v) is 5.99. The second-order valence-electron chi connectivity index (χ2n) is 8.03. The van der Waals surface area contributed by atoms with Gasteiger partial charge in [0, 0.05) is 0 Å². The topological polar surface area (TPSA) is 80.7 Å². The first kappa shape index (κ1) is 17.2. The Hall–Kier alpha value is -0.620. The van der Waals surface area contributed by atoms with E-state index < -0.39 is 10.1 Å². The molecule has 0 saturated heterocycles. The molecule has 0 aromatic heterocycles. The fraction of sp³-hybridized carbons (Fsp3) is 0.941. The van der Waals surface area contributed by atoms with E-state index in [9.17, 15) is 13.2 Å². The first-order chi connectivity index (χ1) is 10.9. The molecule has 132 valence electrons. The molecule has 4 fully saturated rings. The summed E-state index contributed by atoms with van der Waals surface area (Å²) in [5, 5.41) is 0. The van der Waals surface area contributed by atoms with Gasteiger partial charge in [0.15, 0.2) is 0 Å². The summed E-state index contributed by atoms with van der Waals surface area (Å²) in [7, 11) is -3.84. The third kappa shape index (κ3) is 4.27. The second kappa shape index (κ2) is 6.71.